The Hall–Kier alpha value is 0.370. The average Bonchev–Trinajstić information content (AvgIpc) is 2.34. The van der Waals surface area contributed by atoms with E-state index in [1.165, 1.54) is 0 Å². The van der Waals surface area contributed by atoms with Gasteiger partial charge in [0.25, 0.3) is 0 Å². The van der Waals surface area contributed by atoms with Gasteiger partial charge in [0.2, 0.25) is 0 Å². The highest BCUT2D eigenvalue weighted by atomic mass is 79.9. The van der Waals surface area contributed by atoms with Crippen molar-refractivity contribution in [3.8, 4) is 5.75 Å². The minimum absolute atomic E-state index is 0.00440. The van der Waals surface area contributed by atoms with Gasteiger partial charge in [-0.25, -0.2) is 0 Å². The van der Waals surface area contributed by atoms with Gasteiger partial charge in [0.1, 0.15) is 11.9 Å². The molecule has 1 aliphatic rings. The minimum Gasteiger partial charge on any atom is -0.488 e. The third-order valence-electron chi connectivity index (χ3n) is 3.88. The summed E-state index contributed by atoms with van der Waals surface area (Å²) >= 11 is 21.8. The Bertz CT molecular complexity index is 466. The standard InChI is InChI=1S/C13H14BrCl3O/c1-3-13(2)11(17)6-12(13)18-10-5-8(15)7(14)4-9(10)16/h4-5,11-12H,3,6H2,1-2H3. The smallest absolute Gasteiger partial charge is 0.139 e. The van der Waals surface area contributed by atoms with Gasteiger partial charge in [0.15, 0.2) is 0 Å². The summed E-state index contributed by atoms with van der Waals surface area (Å²) in [4.78, 5) is 0. The van der Waals surface area contributed by atoms with Gasteiger partial charge in [-0.2, -0.15) is 0 Å². The number of alkyl halides is 1. The Morgan fingerprint density at radius 3 is 2.61 bits per heavy atom. The molecule has 0 spiro atoms. The first-order valence-corrected chi connectivity index (χ1v) is 7.82. The zero-order valence-corrected chi connectivity index (χ0v) is 14.0. The molecule has 3 unspecified atom stereocenters. The summed E-state index contributed by atoms with van der Waals surface area (Å²) in [6, 6.07) is 3.49. The Labute approximate surface area is 131 Å². The Morgan fingerprint density at radius 2 is 2.06 bits per heavy atom. The zero-order chi connectivity index (χ0) is 13.5. The molecule has 0 radical (unpaired) electrons. The Balaban J connectivity index is 2.18. The summed E-state index contributed by atoms with van der Waals surface area (Å²) < 4.78 is 6.74. The number of benzene rings is 1. The van der Waals surface area contributed by atoms with Crippen molar-refractivity contribution in [2.45, 2.75) is 38.2 Å². The molecule has 0 N–H and O–H groups in total. The molecule has 5 heteroatoms. The lowest BCUT2D eigenvalue weighted by Gasteiger charge is -2.50. The molecule has 0 aromatic heterocycles. The van der Waals surface area contributed by atoms with Gasteiger partial charge < -0.3 is 4.74 Å². The van der Waals surface area contributed by atoms with Crippen LogP contribution in [0.4, 0.5) is 0 Å². The largest absolute Gasteiger partial charge is 0.488 e. The number of rotatable bonds is 3. The molecule has 18 heavy (non-hydrogen) atoms. The van der Waals surface area contributed by atoms with Gasteiger partial charge in [-0.1, -0.05) is 37.0 Å². The normalized spacial score (nSPS) is 31.0. The number of hydrogen-bond acceptors (Lipinski definition) is 1. The van der Waals surface area contributed by atoms with Crippen molar-refractivity contribution in [1.82, 2.24) is 0 Å². The van der Waals surface area contributed by atoms with Crippen molar-refractivity contribution in [3.63, 3.8) is 0 Å². The SMILES string of the molecule is CCC1(C)C(Cl)CC1Oc1cc(Cl)c(Br)cc1Cl. The maximum atomic E-state index is 6.27. The molecular weight excluding hydrogens is 358 g/mol. The molecule has 1 aromatic rings. The molecule has 100 valence electrons. The van der Waals surface area contributed by atoms with Gasteiger partial charge in [-0.15, -0.1) is 11.6 Å². The second-order valence-electron chi connectivity index (χ2n) is 4.87. The molecule has 1 fully saturated rings. The van der Waals surface area contributed by atoms with Crippen molar-refractivity contribution in [2.24, 2.45) is 5.41 Å². The third-order valence-corrected chi connectivity index (χ3v) is 6.05. The van der Waals surface area contributed by atoms with Crippen LogP contribution in [0.2, 0.25) is 10.0 Å². The first-order chi connectivity index (χ1) is 8.38. The van der Waals surface area contributed by atoms with Crippen LogP contribution in [0.25, 0.3) is 0 Å². The third kappa shape index (κ3) is 2.49. The highest BCUT2D eigenvalue weighted by Crippen LogP contribution is 2.50. The number of ether oxygens (including phenoxy) is 1. The maximum absolute atomic E-state index is 6.27. The lowest BCUT2D eigenvalue weighted by atomic mass is 9.65. The molecule has 1 saturated carbocycles. The lowest BCUT2D eigenvalue weighted by Crippen LogP contribution is -2.55. The Morgan fingerprint density at radius 1 is 1.39 bits per heavy atom. The highest BCUT2D eigenvalue weighted by Gasteiger charge is 2.51. The second kappa shape index (κ2) is 5.40. The first-order valence-electron chi connectivity index (χ1n) is 5.83. The van der Waals surface area contributed by atoms with Crippen LogP contribution in [0.3, 0.4) is 0 Å². The molecule has 0 amide bonds. The van der Waals surface area contributed by atoms with Crippen LogP contribution in [0.15, 0.2) is 16.6 Å². The van der Waals surface area contributed by atoms with E-state index in [1.807, 2.05) is 0 Å². The van der Waals surface area contributed by atoms with E-state index in [1.54, 1.807) is 12.1 Å². The zero-order valence-electron chi connectivity index (χ0n) is 10.1. The van der Waals surface area contributed by atoms with E-state index < -0.39 is 0 Å². The van der Waals surface area contributed by atoms with Crippen LogP contribution < -0.4 is 4.74 Å². The van der Waals surface area contributed by atoms with E-state index in [0.29, 0.717) is 15.8 Å². The van der Waals surface area contributed by atoms with Crippen molar-refractivity contribution >= 4 is 50.7 Å². The van der Waals surface area contributed by atoms with Gasteiger partial charge in [-0.3, -0.25) is 0 Å². The fourth-order valence-electron chi connectivity index (χ4n) is 2.15. The summed E-state index contributed by atoms with van der Waals surface area (Å²) in [5, 5.41) is 1.31. The fraction of sp³-hybridized carbons (Fsp3) is 0.538. The van der Waals surface area contributed by atoms with E-state index in [2.05, 4.69) is 29.8 Å². The van der Waals surface area contributed by atoms with E-state index in [4.69, 9.17) is 39.5 Å². The summed E-state index contributed by atoms with van der Waals surface area (Å²) in [6.07, 6.45) is 1.92. The predicted molar refractivity (Wildman–Crippen MR) is 81.2 cm³/mol. The number of hydrogen-bond donors (Lipinski definition) is 0. The maximum Gasteiger partial charge on any atom is 0.139 e. The molecule has 1 aliphatic carbocycles. The summed E-state index contributed by atoms with van der Waals surface area (Å²) in [7, 11) is 0. The van der Waals surface area contributed by atoms with Crippen LogP contribution in [0.5, 0.6) is 5.75 Å². The van der Waals surface area contributed by atoms with Gasteiger partial charge in [0, 0.05) is 27.8 Å². The fourth-order valence-corrected chi connectivity index (χ4v) is 3.44. The van der Waals surface area contributed by atoms with E-state index >= 15 is 0 Å². The summed E-state index contributed by atoms with van der Waals surface area (Å²) in [5.41, 5.74) is 0.00440. The van der Waals surface area contributed by atoms with Crippen LogP contribution in [-0.4, -0.2) is 11.5 Å². The molecular formula is C13H14BrCl3O. The molecule has 0 heterocycles. The quantitative estimate of drug-likeness (QED) is 0.472. The summed E-state index contributed by atoms with van der Waals surface area (Å²) in [5.74, 6) is 0.623. The van der Waals surface area contributed by atoms with Crippen LogP contribution in [0.1, 0.15) is 26.7 Å². The molecule has 0 bridgehead atoms. The van der Waals surface area contributed by atoms with Crippen molar-refractivity contribution in [1.29, 1.82) is 0 Å². The molecule has 2 rings (SSSR count). The molecule has 3 atom stereocenters. The van der Waals surface area contributed by atoms with Crippen molar-refractivity contribution in [3.05, 3.63) is 26.7 Å². The number of halogens is 4. The van der Waals surface area contributed by atoms with Gasteiger partial charge >= 0.3 is 0 Å². The highest BCUT2D eigenvalue weighted by molar-refractivity contribution is 9.10. The van der Waals surface area contributed by atoms with E-state index in [0.717, 1.165) is 17.3 Å². The monoisotopic (exact) mass is 370 g/mol. The molecule has 1 nitrogen and oxygen atoms in total. The first kappa shape index (κ1) is 14.8. The van der Waals surface area contributed by atoms with Gasteiger partial charge in [-0.05, 0) is 28.4 Å². The van der Waals surface area contributed by atoms with E-state index in [-0.39, 0.29) is 16.9 Å². The van der Waals surface area contributed by atoms with E-state index in [9.17, 15) is 0 Å². The van der Waals surface area contributed by atoms with Gasteiger partial charge in [0.05, 0.1) is 10.0 Å². The van der Waals surface area contributed by atoms with Crippen LogP contribution in [-0.2, 0) is 0 Å². The van der Waals surface area contributed by atoms with Crippen LogP contribution in [0, 0.1) is 5.41 Å². The van der Waals surface area contributed by atoms with Crippen molar-refractivity contribution in [2.75, 3.05) is 0 Å². The topological polar surface area (TPSA) is 9.23 Å². The van der Waals surface area contributed by atoms with Crippen molar-refractivity contribution < 1.29 is 4.74 Å². The molecule has 0 saturated heterocycles. The Kier molecular flexibility index (Phi) is 4.43. The summed E-state index contributed by atoms with van der Waals surface area (Å²) in [6.45, 7) is 4.27. The second-order valence-corrected chi connectivity index (χ2v) is 7.06. The lowest BCUT2D eigenvalue weighted by molar-refractivity contribution is -0.0294. The molecule has 0 aliphatic heterocycles. The minimum atomic E-state index is 0.00440. The van der Waals surface area contributed by atoms with Crippen LogP contribution >= 0.6 is 50.7 Å². The predicted octanol–water partition coefficient (Wildman–Crippen LogP) is 5.93. The average molecular weight is 373 g/mol. The molecule has 1 aromatic carbocycles.